The molecule has 0 saturated heterocycles. The molecule has 2 rings (SSSR count). The minimum absolute atomic E-state index is 0.0460. The predicted octanol–water partition coefficient (Wildman–Crippen LogP) is 4.54. The number of nitrogens with one attached hydrogen (secondary N) is 2. The first kappa shape index (κ1) is 21.3. The van der Waals surface area contributed by atoms with Gasteiger partial charge in [-0.1, -0.05) is 38.5 Å². The number of hydrogen-bond acceptors (Lipinski definition) is 4. The Balaban J connectivity index is 2.08. The minimum atomic E-state index is -0.0460. The molecule has 7 heteroatoms. The summed E-state index contributed by atoms with van der Waals surface area (Å²) in [6.45, 7) is 8.46. The zero-order valence-electron chi connectivity index (χ0n) is 16.4. The lowest BCUT2D eigenvalue weighted by Gasteiger charge is -2.21. The van der Waals surface area contributed by atoms with E-state index in [1.165, 1.54) is 11.3 Å². The maximum Gasteiger partial charge on any atom is 0.230 e. The quantitative estimate of drug-likeness (QED) is 0.633. The van der Waals surface area contributed by atoms with E-state index in [4.69, 9.17) is 12.2 Å². The monoisotopic (exact) mass is 404 g/mol. The number of aromatic nitrogens is 1. The van der Waals surface area contributed by atoms with Crippen LogP contribution in [-0.2, 0) is 17.8 Å². The second-order valence-corrected chi connectivity index (χ2v) is 7.72. The van der Waals surface area contributed by atoms with Gasteiger partial charge in [-0.2, -0.15) is 0 Å². The topological polar surface area (TPSA) is 57.3 Å². The molecule has 0 radical (unpaired) electrons. The summed E-state index contributed by atoms with van der Waals surface area (Å²) in [4.78, 5) is 18.6. The number of nitrogens with zero attached hydrogens (tertiary/aromatic N) is 2. The van der Waals surface area contributed by atoms with Gasteiger partial charge in [0.2, 0.25) is 5.91 Å². The standard InChI is InChI=1S/C20H28N4OS2/c1-5-9-14(3)22-19(26)21-12-17-13-27-20(23-17)24(15(4)25)18-11-8-7-10-16(18)6-2/h7-8,10-11,13-14H,5-6,9,12H2,1-4H3,(H2,21,22,26)/t14-/m1/s1. The molecule has 2 aromatic rings. The van der Waals surface area contributed by atoms with Crippen LogP contribution in [-0.4, -0.2) is 22.0 Å². The van der Waals surface area contributed by atoms with Crippen LogP contribution in [0, 0.1) is 0 Å². The number of thiazole rings is 1. The van der Waals surface area contributed by atoms with E-state index in [-0.39, 0.29) is 5.91 Å². The second-order valence-electron chi connectivity index (χ2n) is 6.47. The maximum atomic E-state index is 12.3. The second kappa shape index (κ2) is 10.4. The zero-order valence-corrected chi connectivity index (χ0v) is 18.0. The largest absolute Gasteiger partial charge is 0.360 e. The summed E-state index contributed by atoms with van der Waals surface area (Å²) in [5.41, 5.74) is 2.88. The first-order valence-electron chi connectivity index (χ1n) is 9.33. The van der Waals surface area contributed by atoms with E-state index >= 15 is 0 Å². The van der Waals surface area contributed by atoms with Crippen LogP contribution in [0.25, 0.3) is 0 Å². The van der Waals surface area contributed by atoms with Crippen molar-refractivity contribution in [3.05, 3.63) is 40.9 Å². The normalized spacial score (nSPS) is 11.7. The van der Waals surface area contributed by atoms with Crippen molar-refractivity contribution in [3.8, 4) is 0 Å². The Labute approximate surface area is 171 Å². The van der Waals surface area contributed by atoms with Gasteiger partial charge in [0.05, 0.1) is 17.9 Å². The van der Waals surface area contributed by atoms with Crippen LogP contribution >= 0.6 is 23.6 Å². The van der Waals surface area contributed by atoms with Gasteiger partial charge < -0.3 is 10.6 Å². The minimum Gasteiger partial charge on any atom is -0.360 e. The van der Waals surface area contributed by atoms with Crippen LogP contribution in [0.4, 0.5) is 10.8 Å². The summed E-state index contributed by atoms with van der Waals surface area (Å²) >= 11 is 6.81. The Hall–Kier alpha value is -1.99. The Morgan fingerprint density at radius 1 is 1.33 bits per heavy atom. The van der Waals surface area contributed by atoms with Gasteiger partial charge in [0.15, 0.2) is 10.2 Å². The molecule has 2 N–H and O–H groups in total. The molecular weight excluding hydrogens is 376 g/mol. The van der Waals surface area contributed by atoms with Crippen molar-refractivity contribution in [2.45, 2.75) is 59.5 Å². The lowest BCUT2D eigenvalue weighted by Crippen LogP contribution is -2.40. The summed E-state index contributed by atoms with van der Waals surface area (Å²) in [6, 6.07) is 8.30. The zero-order chi connectivity index (χ0) is 19.8. The van der Waals surface area contributed by atoms with Gasteiger partial charge in [0.25, 0.3) is 0 Å². The number of hydrogen-bond donors (Lipinski definition) is 2. The third-order valence-electron chi connectivity index (χ3n) is 4.19. The Kier molecular flexibility index (Phi) is 8.19. The van der Waals surface area contributed by atoms with Gasteiger partial charge in [-0.25, -0.2) is 4.98 Å². The van der Waals surface area contributed by atoms with E-state index in [1.807, 2.05) is 29.6 Å². The highest BCUT2D eigenvalue weighted by Crippen LogP contribution is 2.31. The number of thiocarbonyl (C=S) groups is 1. The molecule has 0 aliphatic heterocycles. The third-order valence-corrected chi connectivity index (χ3v) is 5.33. The molecule has 0 unspecified atom stereocenters. The summed E-state index contributed by atoms with van der Waals surface area (Å²) in [7, 11) is 0. The molecule has 0 aliphatic carbocycles. The first-order chi connectivity index (χ1) is 13.0. The first-order valence-corrected chi connectivity index (χ1v) is 10.6. The van der Waals surface area contributed by atoms with Crippen molar-refractivity contribution in [2.75, 3.05) is 4.90 Å². The molecule has 5 nitrogen and oxygen atoms in total. The van der Waals surface area contributed by atoms with Crippen molar-refractivity contribution in [2.24, 2.45) is 0 Å². The van der Waals surface area contributed by atoms with Gasteiger partial charge in [0.1, 0.15) is 0 Å². The van der Waals surface area contributed by atoms with E-state index in [1.54, 1.807) is 11.8 Å². The van der Waals surface area contributed by atoms with E-state index in [0.29, 0.717) is 22.8 Å². The average Bonchev–Trinajstić information content (AvgIpc) is 3.09. The Morgan fingerprint density at radius 3 is 2.74 bits per heavy atom. The molecule has 0 spiro atoms. The number of anilines is 2. The van der Waals surface area contributed by atoms with Crippen LogP contribution in [0.2, 0.25) is 0 Å². The van der Waals surface area contributed by atoms with Crippen LogP contribution in [0.5, 0.6) is 0 Å². The SMILES string of the molecule is CCC[C@@H](C)NC(=S)NCc1csc(N(C(C)=O)c2ccccc2CC)n1. The molecule has 0 saturated carbocycles. The molecule has 27 heavy (non-hydrogen) atoms. The molecule has 146 valence electrons. The number of para-hydroxylation sites is 1. The number of aryl methyl sites for hydroxylation is 1. The summed E-state index contributed by atoms with van der Waals surface area (Å²) in [5.74, 6) is -0.0460. The third kappa shape index (κ3) is 6.01. The number of rotatable bonds is 8. The predicted molar refractivity (Wildman–Crippen MR) is 118 cm³/mol. The summed E-state index contributed by atoms with van der Waals surface area (Å²) in [5, 5.41) is 9.74. The molecule has 1 aromatic heterocycles. The van der Waals surface area contributed by atoms with Crippen LogP contribution in [0.3, 0.4) is 0 Å². The van der Waals surface area contributed by atoms with E-state index < -0.39 is 0 Å². The fourth-order valence-electron chi connectivity index (χ4n) is 2.87. The molecule has 0 bridgehead atoms. The van der Waals surface area contributed by atoms with E-state index in [2.05, 4.69) is 36.4 Å². The maximum absolute atomic E-state index is 12.3. The molecule has 1 heterocycles. The molecular formula is C20H28N4OS2. The van der Waals surface area contributed by atoms with Crippen LogP contribution in [0.15, 0.2) is 29.6 Å². The highest BCUT2D eigenvalue weighted by molar-refractivity contribution is 7.80. The Bertz CT molecular complexity index is 775. The number of carbonyl (C=O) groups is 1. The fourth-order valence-corrected chi connectivity index (χ4v) is 4.02. The highest BCUT2D eigenvalue weighted by atomic mass is 32.1. The molecule has 1 amide bonds. The van der Waals surface area contributed by atoms with Crippen molar-refractivity contribution >= 4 is 45.4 Å². The average molecular weight is 405 g/mol. The summed E-state index contributed by atoms with van der Waals surface area (Å²) < 4.78 is 0. The van der Waals surface area contributed by atoms with Gasteiger partial charge >= 0.3 is 0 Å². The van der Waals surface area contributed by atoms with Crippen molar-refractivity contribution < 1.29 is 4.79 Å². The Morgan fingerprint density at radius 2 is 2.07 bits per heavy atom. The number of benzene rings is 1. The van der Waals surface area contributed by atoms with Gasteiger partial charge in [-0.15, -0.1) is 11.3 Å². The lowest BCUT2D eigenvalue weighted by atomic mass is 10.1. The number of carbonyl (C=O) groups excluding carboxylic acids is 1. The van der Waals surface area contributed by atoms with E-state index in [9.17, 15) is 4.79 Å². The lowest BCUT2D eigenvalue weighted by molar-refractivity contribution is -0.115. The van der Waals surface area contributed by atoms with Crippen molar-refractivity contribution in [1.82, 2.24) is 15.6 Å². The summed E-state index contributed by atoms with van der Waals surface area (Å²) in [6.07, 6.45) is 3.05. The van der Waals surface area contributed by atoms with Crippen molar-refractivity contribution in [3.63, 3.8) is 0 Å². The van der Waals surface area contributed by atoms with Gasteiger partial charge in [-0.05, 0) is 43.6 Å². The molecule has 0 aliphatic rings. The van der Waals surface area contributed by atoms with Gasteiger partial charge in [-0.3, -0.25) is 9.69 Å². The molecule has 0 fully saturated rings. The molecule has 1 atom stereocenters. The number of amides is 1. The van der Waals surface area contributed by atoms with Gasteiger partial charge in [0, 0.05) is 18.3 Å². The smallest absolute Gasteiger partial charge is 0.230 e. The van der Waals surface area contributed by atoms with Crippen LogP contribution in [0.1, 0.15) is 51.8 Å². The van der Waals surface area contributed by atoms with Crippen molar-refractivity contribution in [1.29, 1.82) is 0 Å². The molecule has 1 aromatic carbocycles. The fraction of sp³-hybridized carbons (Fsp3) is 0.450. The highest BCUT2D eigenvalue weighted by Gasteiger charge is 2.20. The van der Waals surface area contributed by atoms with E-state index in [0.717, 1.165) is 36.2 Å². The van der Waals surface area contributed by atoms with Crippen LogP contribution < -0.4 is 15.5 Å².